The number of aliphatic hydroxyl groups is 4. The van der Waals surface area contributed by atoms with Crippen LogP contribution in [0, 0.1) is 0 Å². The summed E-state index contributed by atoms with van der Waals surface area (Å²) in [4.78, 5) is 12.9. The van der Waals surface area contributed by atoms with Gasteiger partial charge >= 0.3 is 5.97 Å². The normalized spacial score (nSPS) is 19.9. The van der Waals surface area contributed by atoms with Crippen molar-refractivity contribution in [1.82, 2.24) is 0 Å². The highest BCUT2D eigenvalue weighted by Gasteiger charge is 2.44. The van der Waals surface area contributed by atoms with E-state index in [1.807, 2.05) is 0 Å². The highest BCUT2D eigenvalue weighted by Crippen LogP contribution is 2.23. The molecule has 0 spiro atoms. The van der Waals surface area contributed by atoms with Gasteiger partial charge in [0.25, 0.3) is 0 Å². The molecular formula is C59H100O9. The van der Waals surface area contributed by atoms with Gasteiger partial charge < -0.3 is 39.4 Å². The Balaban J connectivity index is 2.18. The van der Waals surface area contributed by atoms with Crippen LogP contribution in [0.25, 0.3) is 0 Å². The number of unbranched alkanes of at least 4 members (excludes halogenated alkanes) is 19. The van der Waals surface area contributed by atoms with Gasteiger partial charge in [0.1, 0.15) is 30.5 Å². The van der Waals surface area contributed by atoms with E-state index in [0.717, 1.165) is 96.3 Å². The zero-order valence-corrected chi connectivity index (χ0v) is 43.1. The third-order valence-corrected chi connectivity index (χ3v) is 12.0. The second-order valence-corrected chi connectivity index (χ2v) is 18.3. The minimum absolute atomic E-state index is 0.125. The Morgan fingerprint density at radius 1 is 0.471 bits per heavy atom. The summed E-state index contributed by atoms with van der Waals surface area (Å²) in [6.45, 7) is 4.31. The zero-order chi connectivity index (χ0) is 49.2. The van der Waals surface area contributed by atoms with Gasteiger partial charge in [-0.05, 0) is 89.9 Å². The van der Waals surface area contributed by atoms with Crippen LogP contribution in [0.3, 0.4) is 0 Å². The predicted molar refractivity (Wildman–Crippen MR) is 283 cm³/mol. The van der Waals surface area contributed by atoms with Crippen LogP contribution in [-0.2, 0) is 23.7 Å². The lowest BCUT2D eigenvalue weighted by atomic mass is 9.99. The standard InChI is InChI=1S/C59H100O9/c1-3-5-7-9-11-13-15-17-19-21-23-24-25-26-27-28-29-31-33-35-37-39-41-43-45-47-49-65-51-53(52-66-59-58(64)57(63)56(62)54(50-60)68-59)67-55(61)48-46-44-42-40-38-36-34-32-30-22-20-18-16-14-12-10-8-6-4-2/h5-8,11-14,17-20,23-24,30,32,53-54,56-60,62-64H,3-4,9-10,15-16,21-22,25-29,31,33-52H2,1-2H3/b7-5-,8-6-,13-11-,14-12-,19-17-,20-18-,24-23-,32-30-. The molecule has 0 amide bonds. The zero-order valence-electron chi connectivity index (χ0n) is 43.1. The van der Waals surface area contributed by atoms with Gasteiger partial charge in [0.05, 0.1) is 19.8 Å². The smallest absolute Gasteiger partial charge is 0.306 e. The van der Waals surface area contributed by atoms with Gasteiger partial charge in [0, 0.05) is 13.0 Å². The first-order valence-electron chi connectivity index (χ1n) is 27.3. The molecule has 390 valence electrons. The minimum Gasteiger partial charge on any atom is -0.457 e. The van der Waals surface area contributed by atoms with Crippen LogP contribution in [0.4, 0.5) is 0 Å². The van der Waals surface area contributed by atoms with E-state index in [2.05, 4.69) is 111 Å². The third kappa shape index (κ3) is 38.9. The summed E-state index contributed by atoms with van der Waals surface area (Å²) in [7, 11) is 0. The second kappa shape index (κ2) is 49.1. The van der Waals surface area contributed by atoms with Crippen LogP contribution < -0.4 is 0 Å². The summed E-state index contributed by atoms with van der Waals surface area (Å²) in [5.41, 5.74) is 0. The molecule has 6 unspecified atom stereocenters. The first kappa shape index (κ1) is 63.1. The SMILES string of the molecule is CC/C=C\C/C=C\C/C=C\C/C=C\CCCCCCCCCCCCCCCOCC(COC1OC(CO)C(O)C(O)C1O)OC(=O)CCCCCCCC/C=C\C/C=C\C/C=C\C/C=C\CC. The van der Waals surface area contributed by atoms with Crippen molar-refractivity contribution in [1.29, 1.82) is 0 Å². The Labute approximate surface area is 415 Å². The summed E-state index contributed by atoms with van der Waals surface area (Å²) in [6.07, 6.45) is 61.6. The molecule has 0 aromatic heterocycles. The predicted octanol–water partition coefficient (Wildman–Crippen LogP) is 13.9. The van der Waals surface area contributed by atoms with E-state index in [0.29, 0.717) is 13.0 Å². The fourth-order valence-corrected chi connectivity index (χ4v) is 7.83. The molecule has 9 nitrogen and oxygen atoms in total. The van der Waals surface area contributed by atoms with E-state index < -0.39 is 43.4 Å². The fourth-order valence-electron chi connectivity index (χ4n) is 7.83. The van der Waals surface area contributed by atoms with Gasteiger partial charge in [-0.2, -0.15) is 0 Å². The summed E-state index contributed by atoms with van der Waals surface area (Å²) in [5, 5.41) is 40.3. The average molecular weight is 953 g/mol. The Bertz CT molecular complexity index is 1360. The van der Waals surface area contributed by atoms with Gasteiger partial charge in [0.15, 0.2) is 6.29 Å². The molecule has 4 N–H and O–H groups in total. The van der Waals surface area contributed by atoms with Crippen LogP contribution in [0.2, 0.25) is 0 Å². The number of allylic oxidation sites excluding steroid dienone is 16. The molecule has 1 aliphatic rings. The lowest BCUT2D eigenvalue weighted by Crippen LogP contribution is -2.59. The van der Waals surface area contributed by atoms with Gasteiger partial charge in [0.2, 0.25) is 0 Å². The molecule has 6 atom stereocenters. The number of hydrogen-bond donors (Lipinski definition) is 4. The Morgan fingerprint density at radius 2 is 0.853 bits per heavy atom. The highest BCUT2D eigenvalue weighted by molar-refractivity contribution is 5.69. The van der Waals surface area contributed by atoms with Crippen molar-refractivity contribution in [2.75, 3.05) is 26.4 Å². The van der Waals surface area contributed by atoms with Crippen LogP contribution in [0.5, 0.6) is 0 Å². The largest absolute Gasteiger partial charge is 0.457 e. The molecule has 0 saturated carbocycles. The maximum Gasteiger partial charge on any atom is 0.306 e. The minimum atomic E-state index is -1.55. The van der Waals surface area contributed by atoms with Crippen LogP contribution >= 0.6 is 0 Å². The maximum atomic E-state index is 12.9. The number of rotatable bonds is 46. The van der Waals surface area contributed by atoms with Crippen molar-refractivity contribution in [2.45, 2.75) is 243 Å². The Kier molecular flexibility index (Phi) is 45.6. The molecule has 0 aromatic rings. The van der Waals surface area contributed by atoms with Gasteiger partial charge in [-0.1, -0.05) is 207 Å². The molecule has 9 heteroatoms. The van der Waals surface area contributed by atoms with E-state index in [1.54, 1.807) is 0 Å². The molecule has 0 bridgehead atoms. The van der Waals surface area contributed by atoms with Crippen LogP contribution in [0.1, 0.15) is 206 Å². The van der Waals surface area contributed by atoms with Crippen molar-refractivity contribution >= 4 is 5.97 Å². The molecule has 0 aliphatic carbocycles. The van der Waals surface area contributed by atoms with Gasteiger partial charge in [-0.25, -0.2) is 0 Å². The molecule has 0 aromatic carbocycles. The van der Waals surface area contributed by atoms with Gasteiger partial charge in [-0.3, -0.25) is 4.79 Å². The Morgan fingerprint density at radius 3 is 1.28 bits per heavy atom. The molecular weight excluding hydrogens is 853 g/mol. The quantitative estimate of drug-likeness (QED) is 0.0267. The number of carbonyl (C=O) groups excluding carboxylic acids is 1. The molecule has 1 aliphatic heterocycles. The van der Waals surface area contributed by atoms with Crippen LogP contribution in [-0.4, -0.2) is 89.6 Å². The number of ether oxygens (including phenoxy) is 4. The summed E-state index contributed by atoms with van der Waals surface area (Å²) in [5.74, 6) is -0.330. The number of esters is 1. The molecule has 68 heavy (non-hydrogen) atoms. The Hall–Kier alpha value is -2.89. The number of hydrogen-bond acceptors (Lipinski definition) is 9. The lowest BCUT2D eigenvalue weighted by Gasteiger charge is -2.39. The van der Waals surface area contributed by atoms with E-state index in [-0.39, 0.29) is 19.2 Å². The molecule has 0 radical (unpaired) electrons. The molecule has 1 rings (SSSR count). The lowest BCUT2D eigenvalue weighted by molar-refractivity contribution is -0.305. The van der Waals surface area contributed by atoms with E-state index in [9.17, 15) is 25.2 Å². The van der Waals surface area contributed by atoms with Crippen molar-refractivity contribution in [3.63, 3.8) is 0 Å². The van der Waals surface area contributed by atoms with E-state index >= 15 is 0 Å². The van der Waals surface area contributed by atoms with Crippen molar-refractivity contribution in [3.05, 3.63) is 97.2 Å². The van der Waals surface area contributed by atoms with Crippen molar-refractivity contribution < 1.29 is 44.2 Å². The van der Waals surface area contributed by atoms with Crippen molar-refractivity contribution in [2.24, 2.45) is 0 Å². The van der Waals surface area contributed by atoms with E-state index in [4.69, 9.17) is 18.9 Å². The maximum absolute atomic E-state index is 12.9. The average Bonchev–Trinajstić information content (AvgIpc) is 3.34. The van der Waals surface area contributed by atoms with E-state index in [1.165, 1.54) is 89.9 Å². The van der Waals surface area contributed by atoms with Gasteiger partial charge in [-0.15, -0.1) is 0 Å². The first-order valence-corrected chi connectivity index (χ1v) is 27.3. The monoisotopic (exact) mass is 953 g/mol. The second-order valence-electron chi connectivity index (χ2n) is 18.3. The highest BCUT2D eigenvalue weighted by atomic mass is 16.7. The summed E-state index contributed by atoms with van der Waals surface area (Å²) >= 11 is 0. The third-order valence-electron chi connectivity index (χ3n) is 12.0. The topological polar surface area (TPSA) is 135 Å². The summed E-state index contributed by atoms with van der Waals surface area (Å²) < 4.78 is 22.9. The van der Waals surface area contributed by atoms with Crippen LogP contribution in [0.15, 0.2) is 97.2 Å². The number of aliphatic hydroxyl groups excluding tert-OH is 4. The van der Waals surface area contributed by atoms with Crippen molar-refractivity contribution in [3.8, 4) is 0 Å². The summed E-state index contributed by atoms with van der Waals surface area (Å²) in [6, 6.07) is 0. The molecule has 1 heterocycles. The fraction of sp³-hybridized carbons (Fsp3) is 0.712. The molecule has 1 saturated heterocycles. The number of carbonyl (C=O) groups is 1. The first-order chi connectivity index (χ1) is 33.4. The molecule has 1 fully saturated rings.